The number of rotatable bonds is 33. The SMILES string of the molecule is CCCCC/C=C/C/C=C/CCCCCCCC(=O)N[C@@H](COC1OC(CO)C(O)[C@H](O)C1O)[C@H](O)/C=C/CCCCCCCCCCCCC. The van der Waals surface area contributed by atoms with Crippen molar-refractivity contribution in [2.45, 2.75) is 211 Å². The molecule has 0 aliphatic carbocycles. The van der Waals surface area contributed by atoms with Gasteiger partial charge in [-0.3, -0.25) is 4.79 Å². The fourth-order valence-electron chi connectivity index (χ4n) is 6.30. The van der Waals surface area contributed by atoms with Gasteiger partial charge in [0.05, 0.1) is 25.4 Å². The summed E-state index contributed by atoms with van der Waals surface area (Å²) in [6, 6.07) is -0.809. The van der Waals surface area contributed by atoms with E-state index in [1.165, 1.54) is 83.5 Å². The molecule has 1 saturated heterocycles. The molecule has 0 bridgehead atoms. The highest BCUT2D eigenvalue weighted by Gasteiger charge is 2.44. The molecule has 1 fully saturated rings. The first-order valence-electron chi connectivity index (χ1n) is 20.7. The molecule has 6 N–H and O–H groups in total. The Kier molecular flexibility index (Phi) is 30.7. The Labute approximate surface area is 311 Å². The average molecular weight is 724 g/mol. The van der Waals surface area contributed by atoms with Crippen molar-refractivity contribution >= 4 is 5.91 Å². The summed E-state index contributed by atoms with van der Waals surface area (Å²) < 4.78 is 11.2. The molecule has 1 rings (SSSR count). The van der Waals surface area contributed by atoms with E-state index in [2.05, 4.69) is 43.5 Å². The molecule has 9 nitrogen and oxygen atoms in total. The molecule has 0 spiro atoms. The molecule has 51 heavy (non-hydrogen) atoms. The highest BCUT2D eigenvalue weighted by Crippen LogP contribution is 2.22. The van der Waals surface area contributed by atoms with Gasteiger partial charge in [0.2, 0.25) is 5.91 Å². The van der Waals surface area contributed by atoms with E-state index >= 15 is 0 Å². The lowest BCUT2D eigenvalue weighted by Gasteiger charge is -2.40. The van der Waals surface area contributed by atoms with E-state index in [1.54, 1.807) is 6.08 Å². The molecule has 0 radical (unpaired) electrons. The van der Waals surface area contributed by atoms with Gasteiger partial charge in [-0.2, -0.15) is 0 Å². The van der Waals surface area contributed by atoms with Crippen LogP contribution in [0.5, 0.6) is 0 Å². The maximum atomic E-state index is 12.9. The van der Waals surface area contributed by atoms with E-state index in [1.807, 2.05) is 6.08 Å². The number of unbranched alkanes of at least 4 members (excludes halogenated alkanes) is 19. The van der Waals surface area contributed by atoms with Gasteiger partial charge < -0.3 is 40.3 Å². The Morgan fingerprint density at radius 3 is 1.73 bits per heavy atom. The summed E-state index contributed by atoms with van der Waals surface area (Å²) in [6.07, 6.45) is 31.8. The van der Waals surface area contributed by atoms with Crippen molar-refractivity contribution in [3.8, 4) is 0 Å². The zero-order valence-corrected chi connectivity index (χ0v) is 32.4. The Bertz CT molecular complexity index is 894. The second kappa shape index (κ2) is 33.0. The van der Waals surface area contributed by atoms with E-state index in [-0.39, 0.29) is 12.5 Å². The van der Waals surface area contributed by atoms with Crippen LogP contribution in [-0.4, -0.2) is 87.5 Å². The predicted molar refractivity (Wildman–Crippen MR) is 207 cm³/mol. The highest BCUT2D eigenvalue weighted by molar-refractivity contribution is 5.76. The number of ether oxygens (including phenoxy) is 2. The summed E-state index contributed by atoms with van der Waals surface area (Å²) in [5.74, 6) is -0.194. The molecule has 4 unspecified atom stereocenters. The van der Waals surface area contributed by atoms with Crippen LogP contribution in [0.25, 0.3) is 0 Å². The van der Waals surface area contributed by atoms with Crippen molar-refractivity contribution in [3.05, 3.63) is 36.5 Å². The third-order valence-electron chi connectivity index (χ3n) is 9.71. The molecule has 0 aromatic rings. The van der Waals surface area contributed by atoms with Gasteiger partial charge in [0.25, 0.3) is 0 Å². The Hall–Kier alpha value is -1.59. The Morgan fingerprint density at radius 2 is 1.16 bits per heavy atom. The van der Waals surface area contributed by atoms with Crippen molar-refractivity contribution in [2.75, 3.05) is 13.2 Å². The van der Waals surface area contributed by atoms with Crippen LogP contribution >= 0.6 is 0 Å². The van der Waals surface area contributed by atoms with E-state index in [4.69, 9.17) is 9.47 Å². The van der Waals surface area contributed by atoms with E-state index in [0.717, 1.165) is 64.2 Å². The lowest BCUT2D eigenvalue weighted by atomic mass is 9.99. The molecular weight excluding hydrogens is 646 g/mol. The molecule has 0 aromatic carbocycles. The standard InChI is InChI=1S/C42H77NO8/c1-3-5-7-9-11-13-15-17-18-20-22-24-26-28-30-32-38(46)43-35(34-50-42-41(49)40(48)39(47)37(33-44)51-42)36(45)31-29-27-25-23-21-19-16-14-12-10-8-6-4-2/h11,13,17-18,29,31,35-37,39-42,44-45,47-49H,3-10,12,14-16,19-28,30,32-34H2,1-2H3,(H,43,46)/b13-11+,18-17+,31-29+/t35-,36+,37?,39?,40-,41?,42?/m0/s1. The molecule has 1 aliphatic rings. The molecule has 0 aromatic heterocycles. The van der Waals surface area contributed by atoms with Crippen molar-refractivity contribution < 1.29 is 39.8 Å². The van der Waals surface area contributed by atoms with Crippen molar-refractivity contribution in [1.29, 1.82) is 0 Å². The lowest BCUT2D eigenvalue weighted by molar-refractivity contribution is -0.302. The van der Waals surface area contributed by atoms with Gasteiger partial charge >= 0.3 is 0 Å². The smallest absolute Gasteiger partial charge is 0.220 e. The third-order valence-corrected chi connectivity index (χ3v) is 9.71. The number of carbonyl (C=O) groups is 1. The first-order valence-corrected chi connectivity index (χ1v) is 20.7. The molecule has 7 atom stereocenters. The van der Waals surface area contributed by atoms with Crippen LogP contribution in [0.2, 0.25) is 0 Å². The number of hydrogen-bond donors (Lipinski definition) is 6. The topological polar surface area (TPSA) is 149 Å². The zero-order valence-electron chi connectivity index (χ0n) is 32.4. The van der Waals surface area contributed by atoms with Crippen LogP contribution in [0, 0.1) is 0 Å². The van der Waals surface area contributed by atoms with Gasteiger partial charge in [0, 0.05) is 6.42 Å². The monoisotopic (exact) mass is 724 g/mol. The van der Waals surface area contributed by atoms with E-state index in [0.29, 0.717) is 6.42 Å². The number of amides is 1. The van der Waals surface area contributed by atoms with Crippen molar-refractivity contribution in [3.63, 3.8) is 0 Å². The summed E-state index contributed by atoms with van der Waals surface area (Å²) in [5.41, 5.74) is 0. The second-order valence-electron chi connectivity index (χ2n) is 14.4. The zero-order chi connectivity index (χ0) is 37.4. The first-order chi connectivity index (χ1) is 24.8. The van der Waals surface area contributed by atoms with Gasteiger partial charge in [0.1, 0.15) is 24.4 Å². The number of allylic oxidation sites excluding steroid dienone is 5. The third kappa shape index (κ3) is 24.4. The van der Waals surface area contributed by atoms with Gasteiger partial charge in [0.15, 0.2) is 6.29 Å². The highest BCUT2D eigenvalue weighted by atomic mass is 16.7. The summed E-state index contributed by atoms with van der Waals surface area (Å²) in [5, 5.41) is 54.0. The summed E-state index contributed by atoms with van der Waals surface area (Å²) in [6.45, 7) is 3.71. The first kappa shape index (κ1) is 47.4. The Morgan fingerprint density at radius 1 is 0.667 bits per heavy atom. The molecule has 0 saturated carbocycles. The lowest BCUT2D eigenvalue weighted by Crippen LogP contribution is -2.60. The molecule has 1 aliphatic heterocycles. The van der Waals surface area contributed by atoms with E-state index in [9.17, 15) is 30.3 Å². The number of aliphatic hydroxyl groups excluding tert-OH is 5. The van der Waals surface area contributed by atoms with Gasteiger partial charge in [-0.05, 0) is 51.4 Å². The fraction of sp³-hybridized carbons (Fsp3) is 0.833. The number of hydrogen-bond acceptors (Lipinski definition) is 8. The maximum absolute atomic E-state index is 12.9. The molecule has 1 amide bonds. The van der Waals surface area contributed by atoms with Crippen molar-refractivity contribution in [2.24, 2.45) is 0 Å². The minimum Gasteiger partial charge on any atom is -0.394 e. The minimum absolute atomic E-state index is 0.194. The van der Waals surface area contributed by atoms with Crippen LogP contribution in [0.1, 0.15) is 168 Å². The molecular formula is C42H77NO8. The second-order valence-corrected chi connectivity index (χ2v) is 14.4. The molecule has 298 valence electrons. The van der Waals surface area contributed by atoms with Crippen LogP contribution in [-0.2, 0) is 14.3 Å². The van der Waals surface area contributed by atoms with Gasteiger partial charge in [-0.15, -0.1) is 0 Å². The van der Waals surface area contributed by atoms with Crippen molar-refractivity contribution in [1.82, 2.24) is 5.32 Å². The number of carbonyl (C=O) groups excluding carboxylic acids is 1. The fourth-order valence-corrected chi connectivity index (χ4v) is 6.30. The molecule has 1 heterocycles. The van der Waals surface area contributed by atoms with Gasteiger partial charge in [-0.1, -0.05) is 147 Å². The van der Waals surface area contributed by atoms with Gasteiger partial charge in [-0.25, -0.2) is 0 Å². The van der Waals surface area contributed by atoms with Crippen LogP contribution in [0.3, 0.4) is 0 Å². The largest absolute Gasteiger partial charge is 0.394 e. The normalized spacial score (nSPS) is 22.4. The van der Waals surface area contributed by atoms with E-state index < -0.39 is 49.5 Å². The van der Waals surface area contributed by atoms with Crippen LogP contribution < -0.4 is 5.32 Å². The molecule has 9 heteroatoms. The van der Waals surface area contributed by atoms with Crippen LogP contribution in [0.15, 0.2) is 36.5 Å². The van der Waals surface area contributed by atoms with Crippen LogP contribution in [0.4, 0.5) is 0 Å². The summed E-state index contributed by atoms with van der Waals surface area (Å²) >= 11 is 0. The average Bonchev–Trinajstić information content (AvgIpc) is 3.13. The number of aliphatic hydroxyl groups is 5. The quantitative estimate of drug-likeness (QED) is 0.0298. The number of nitrogens with one attached hydrogen (secondary N) is 1. The summed E-state index contributed by atoms with van der Waals surface area (Å²) in [7, 11) is 0. The minimum atomic E-state index is -1.57. The Balaban J connectivity index is 2.44. The summed E-state index contributed by atoms with van der Waals surface area (Å²) in [4.78, 5) is 12.9. The maximum Gasteiger partial charge on any atom is 0.220 e. The predicted octanol–water partition coefficient (Wildman–Crippen LogP) is 7.72.